The van der Waals surface area contributed by atoms with E-state index in [1.807, 2.05) is 0 Å². The van der Waals surface area contributed by atoms with Crippen LogP contribution in [0.15, 0.2) is 12.1 Å². The molecule has 0 aliphatic rings. The number of aryl methyl sites for hydroxylation is 2. The van der Waals surface area contributed by atoms with Gasteiger partial charge in [0.1, 0.15) is 11.6 Å². The molecule has 76 valence electrons. The highest BCUT2D eigenvalue weighted by Crippen LogP contribution is 2.21. The molecule has 0 heterocycles. The molecule has 0 spiro atoms. The molecule has 0 fully saturated rings. The number of hydrogen-bond acceptors (Lipinski definition) is 1. The van der Waals surface area contributed by atoms with Crippen molar-refractivity contribution in [1.29, 1.82) is 0 Å². The van der Waals surface area contributed by atoms with Crippen LogP contribution in [0.25, 0.3) is 0 Å². The van der Waals surface area contributed by atoms with Crippen LogP contribution >= 0.6 is 11.6 Å². The van der Waals surface area contributed by atoms with Crippen LogP contribution in [0.3, 0.4) is 0 Å². The second-order valence-electron chi connectivity index (χ2n) is 3.39. The van der Waals surface area contributed by atoms with E-state index in [9.17, 15) is 9.18 Å². The monoisotopic (exact) mass is 214 g/mol. The van der Waals surface area contributed by atoms with Crippen molar-refractivity contribution >= 4 is 17.4 Å². The normalized spacial score (nSPS) is 10.3. The number of benzene rings is 1. The first-order valence-electron chi connectivity index (χ1n) is 4.44. The van der Waals surface area contributed by atoms with Crippen LogP contribution in [0.5, 0.6) is 0 Å². The van der Waals surface area contributed by atoms with Gasteiger partial charge in [-0.05, 0) is 43.5 Å². The molecule has 0 N–H and O–H groups in total. The Hall–Kier alpha value is -0.890. The number of carbonyl (C=O) groups excluding carboxylic acids is 1. The maximum absolute atomic E-state index is 13.1. The summed E-state index contributed by atoms with van der Waals surface area (Å²) in [7, 11) is 0. The number of ketones is 1. The van der Waals surface area contributed by atoms with Crippen molar-refractivity contribution in [3.8, 4) is 0 Å². The lowest BCUT2D eigenvalue weighted by Gasteiger charge is -2.05. The van der Waals surface area contributed by atoms with Crippen molar-refractivity contribution in [2.45, 2.75) is 26.7 Å². The number of halogens is 2. The first kappa shape index (κ1) is 11.2. The lowest BCUT2D eigenvalue weighted by Crippen LogP contribution is -1.96. The van der Waals surface area contributed by atoms with Crippen LogP contribution in [-0.2, 0) is 11.2 Å². The molecule has 0 aliphatic carbocycles. The Morgan fingerprint density at radius 2 is 2.14 bits per heavy atom. The maximum atomic E-state index is 13.1. The lowest BCUT2D eigenvalue weighted by atomic mass is 10.1. The van der Waals surface area contributed by atoms with Crippen LogP contribution in [0.1, 0.15) is 24.5 Å². The van der Waals surface area contributed by atoms with Crippen molar-refractivity contribution in [2.24, 2.45) is 0 Å². The number of rotatable bonds is 3. The van der Waals surface area contributed by atoms with Crippen molar-refractivity contribution < 1.29 is 9.18 Å². The van der Waals surface area contributed by atoms with E-state index in [0.717, 1.165) is 0 Å². The summed E-state index contributed by atoms with van der Waals surface area (Å²) in [6.07, 6.45) is 0.910. The molecular formula is C11H12ClFO. The molecule has 0 unspecified atom stereocenters. The fourth-order valence-corrected chi connectivity index (χ4v) is 1.50. The van der Waals surface area contributed by atoms with Crippen LogP contribution in [0, 0.1) is 12.7 Å². The third kappa shape index (κ3) is 2.81. The van der Waals surface area contributed by atoms with Gasteiger partial charge in [-0.1, -0.05) is 11.6 Å². The van der Waals surface area contributed by atoms with E-state index in [-0.39, 0.29) is 11.6 Å². The Morgan fingerprint density at radius 1 is 1.50 bits per heavy atom. The molecule has 0 aromatic heterocycles. The second-order valence-corrected chi connectivity index (χ2v) is 3.80. The largest absolute Gasteiger partial charge is 0.300 e. The molecule has 0 aliphatic heterocycles. The summed E-state index contributed by atoms with van der Waals surface area (Å²) in [4.78, 5) is 10.7. The fraction of sp³-hybridized carbons (Fsp3) is 0.364. The molecular weight excluding hydrogens is 203 g/mol. The van der Waals surface area contributed by atoms with Gasteiger partial charge in [-0.2, -0.15) is 0 Å². The minimum absolute atomic E-state index is 0.0852. The van der Waals surface area contributed by atoms with Gasteiger partial charge in [0.05, 0.1) is 0 Å². The topological polar surface area (TPSA) is 17.1 Å². The molecule has 1 aromatic rings. The Balaban J connectivity index is 2.87. The molecule has 0 bridgehead atoms. The lowest BCUT2D eigenvalue weighted by molar-refractivity contribution is -0.116. The van der Waals surface area contributed by atoms with Gasteiger partial charge in [0, 0.05) is 11.4 Å². The van der Waals surface area contributed by atoms with Crippen LogP contribution < -0.4 is 0 Å². The average Bonchev–Trinajstić information content (AvgIpc) is 2.09. The summed E-state index contributed by atoms with van der Waals surface area (Å²) < 4.78 is 13.1. The Bertz CT molecular complexity index is 361. The number of hydrogen-bond donors (Lipinski definition) is 0. The molecule has 14 heavy (non-hydrogen) atoms. The SMILES string of the molecule is CC(=O)CCc1cc(F)c(C)cc1Cl. The molecule has 1 rings (SSSR count). The summed E-state index contributed by atoms with van der Waals surface area (Å²) in [5, 5.41) is 0.533. The van der Waals surface area contributed by atoms with Gasteiger partial charge in [-0.15, -0.1) is 0 Å². The zero-order valence-electron chi connectivity index (χ0n) is 8.23. The van der Waals surface area contributed by atoms with Crippen LogP contribution in [0.4, 0.5) is 4.39 Å². The summed E-state index contributed by atoms with van der Waals surface area (Å²) in [6, 6.07) is 2.99. The maximum Gasteiger partial charge on any atom is 0.130 e. The van der Waals surface area contributed by atoms with Crippen molar-refractivity contribution in [3.63, 3.8) is 0 Å². The Kier molecular flexibility index (Phi) is 3.64. The van der Waals surface area contributed by atoms with E-state index in [0.29, 0.717) is 29.0 Å². The van der Waals surface area contributed by atoms with E-state index in [1.54, 1.807) is 13.0 Å². The zero-order chi connectivity index (χ0) is 10.7. The molecule has 0 saturated heterocycles. The quantitative estimate of drug-likeness (QED) is 0.755. The molecule has 0 atom stereocenters. The van der Waals surface area contributed by atoms with E-state index in [1.165, 1.54) is 13.0 Å². The van der Waals surface area contributed by atoms with Crippen LogP contribution in [0.2, 0.25) is 5.02 Å². The first-order chi connectivity index (χ1) is 6.50. The van der Waals surface area contributed by atoms with E-state index >= 15 is 0 Å². The standard InChI is InChI=1S/C11H12ClFO/c1-7-5-10(12)9(6-11(7)13)4-3-8(2)14/h5-6H,3-4H2,1-2H3. The van der Waals surface area contributed by atoms with E-state index in [4.69, 9.17) is 11.6 Å². The highest BCUT2D eigenvalue weighted by Gasteiger charge is 2.06. The predicted molar refractivity (Wildman–Crippen MR) is 55.1 cm³/mol. The summed E-state index contributed by atoms with van der Waals surface area (Å²) in [5.74, 6) is -0.185. The zero-order valence-corrected chi connectivity index (χ0v) is 8.99. The molecule has 0 saturated carbocycles. The summed E-state index contributed by atoms with van der Waals surface area (Å²) in [5.41, 5.74) is 1.23. The van der Waals surface area contributed by atoms with Crippen molar-refractivity contribution in [3.05, 3.63) is 34.1 Å². The third-order valence-electron chi connectivity index (χ3n) is 2.07. The Morgan fingerprint density at radius 3 is 2.71 bits per heavy atom. The van der Waals surface area contributed by atoms with Crippen molar-refractivity contribution in [1.82, 2.24) is 0 Å². The van der Waals surface area contributed by atoms with Gasteiger partial charge >= 0.3 is 0 Å². The third-order valence-corrected chi connectivity index (χ3v) is 2.43. The van der Waals surface area contributed by atoms with Crippen LogP contribution in [-0.4, -0.2) is 5.78 Å². The van der Waals surface area contributed by atoms with Gasteiger partial charge in [-0.25, -0.2) is 4.39 Å². The molecule has 1 aromatic carbocycles. The highest BCUT2D eigenvalue weighted by molar-refractivity contribution is 6.31. The van der Waals surface area contributed by atoms with Gasteiger partial charge in [-0.3, -0.25) is 0 Å². The van der Waals surface area contributed by atoms with E-state index < -0.39 is 0 Å². The fourth-order valence-electron chi connectivity index (χ4n) is 1.19. The summed E-state index contributed by atoms with van der Waals surface area (Å²) >= 11 is 5.91. The van der Waals surface area contributed by atoms with Gasteiger partial charge in [0.25, 0.3) is 0 Å². The average molecular weight is 215 g/mol. The van der Waals surface area contributed by atoms with Gasteiger partial charge in [0.2, 0.25) is 0 Å². The molecule has 1 nitrogen and oxygen atoms in total. The predicted octanol–water partition coefficient (Wildman–Crippen LogP) is 3.31. The van der Waals surface area contributed by atoms with Crippen molar-refractivity contribution in [2.75, 3.05) is 0 Å². The Labute approximate surface area is 87.9 Å². The number of Topliss-reactive ketones (excluding diaryl/α,β-unsaturated/α-hetero) is 1. The van der Waals surface area contributed by atoms with Gasteiger partial charge in [0.15, 0.2) is 0 Å². The first-order valence-corrected chi connectivity index (χ1v) is 4.82. The number of carbonyl (C=O) groups is 1. The smallest absolute Gasteiger partial charge is 0.130 e. The minimum atomic E-state index is -0.270. The second kappa shape index (κ2) is 4.56. The summed E-state index contributed by atoms with van der Waals surface area (Å²) in [6.45, 7) is 3.18. The van der Waals surface area contributed by atoms with E-state index in [2.05, 4.69) is 0 Å². The highest BCUT2D eigenvalue weighted by atomic mass is 35.5. The minimum Gasteiger partial charge on any atom is -0.300 e. The molecule has 0 radical (unpaired) electrons. The molecule has 0 amide bonds. The van der Waals surface area contributed by atoms with Gasteiger partial charge < -0.3 is 4.79 Å². The molecule has 3 heteroatoms.